The maximum absolute atomic E-state index is 11.9. The zero-order valence-electron chi connectivity index (χ0n) is 11.5. The highest BCUT2D eigenvalue weighted by Crippen LogP contribution is 2.20. The van der Waals surface area contributed by atoms with Gasteiger partial charge in [-0.15, -0.1) is 0 Å². The number of rotatable bonds is 4. The van der Waals surface area contributed by atoms with Crippen LogP contribution in [0.1, 0.15) is 31.7 Å². The van der Waals surface area contributed by atoms with Crippen LogP contribution in [-0.2, 0) is 16.1 Å². The molecule has 0 saturated carbocycles. The van der Waals surface area contributed by atoms with Crippen molar-refractivity contribution in [2.75, 3.05) is 6.61 Å². The lowest BCUT2D eigenvalue weighted by Crippen LogP contribution is -2.20. The van der Waals surface area contributed by atoms with Crippen LogP contribution in [0.15, 0.2) is 42.5 Å². The van der Waals surface area contributed by atoms with E-state index in [4.69, 9.17) is 4.74 Å². The van der Waals surface area contributed by atoms with Gasteiger partial charge in [0.15, 0.2) is 0 Å². The van der Waals surface area contributed by atoms with Crippen molar-refractivity contribution in [2.45, 2.75) is 32.8 Å². The van der Waals surface area contributed by atoms with Crippen molar-refractivity contribution in [3.05, 3.63) is 48.0 Å². The van der Waals surface area contributed by atoms with Crippen LogP contribution in [0.2, 0.25) is 0 Å². The minimum absolute atomic E-state index is 0.160. The molecule has 0 spiro atoms. The molecule has 0 radical (unpaired) electrons. The zero-order chi connectivity index (χ0) is 13.5. The Balaban J connectivity index is 1.80. The van der Waals surface area contributed by atoms with Crippen LogP contribution in [0.3, 0.4) is 0 Å². The van der Waals surface area contributed by atoms with Crippen LogP contribution < -0.4 is 0 Å². The van der Waals surface area contributed by atoms with Crippen molar-refractivity contribution in [1.29, 1.82) is 0 Å². The molecule has 0 saturated heterocycles. The monoisotopic (exact) mass is 258 g/mol. The van der Waals surface area contributed by atoms with E-state index in [1.807, 2.05) is 25.1 Å². The van der Waals surface area contributed by atoms with Gasteiger partial charge in [-0.2, -0.15) is 0 Å². The number of allylic oxidation sites excluding steroid dienone is 2. The summed E-state index contributed by atoms with van der Waals surface area (Å²) >= 11 is 0. The first-order valence-corrected chi connectivity index (χ1v) is 7.05. The van der Waals surface area contributed by atoms with Gasteiger partial charge >= 0.3 is 0 Å². The molecular formula is C17H22O2. The molecule has 1 aliphatic carbocycles. The van der Waals surface area contributed by atoms with Crippen molar-refractivity contribution >= 4 is 5.78 Å². The van der Waals surface area contributed by atoms with Gasteiger partial charge in [-0.1, -0.05) is 49.4 Å². The van der Waals surface area contributed by atoms with Gasteiger partial charge < -0.3 is 4.74 Å². The second-order valence-electron chi connectivity index (χ2n) is 5.38. The molecule has 1 aromatic carbocycles. The molecule has 2 atom stereocenters. The summed E-state index contributed by atoms with van der Waals surface area (Å²) < 4.78 is 5.75. The molecule has 0 bridgehead atoms. The van der Waals surface area contributed by atoms with E-state index in [2.05, 4.69) is 24.3 Å². The summed E-state index contributed by atoms with van der Waals surface area (Å²) in [7, 11) is 0. The Bertz CT molecular complexity index is 422. The first-order chi connectivity index (χ1) is 9.25. The smallest absolute Gasteiger partial charge is 0.136 e. The molecule has 0 aromatic heterocycles. The van der Waals surface area contributed by atoms with Gasteiger partial charge in [0.25, 0.3) is 0 Å². The SMILES string of the molecule is CC1C/C=C\CC(COCc2ccccc2)CC1=O. The highest BCUT2D eigenvalue weighted by molar-refractivity contribution is 5.81. The van der Waals surface area contributed by atoms with Crippen molar-refractivity contribution < 1.29 is 9.53 Å². The summed E-state index contributed by atoms with van der Waals surface area (Å²) in [4.78, 5) is 11.9. The third-order valence-electron chi connectivity index (χ3n) is 3.63. The van der Waals surface area contributed by atoms with Gasteiger partial charge in [0.1, 0.15) is 5.78 Å². The van der Waals surface area contributed by atoms with Crippen LogP contribution in [0.5, 0.6) is 0 Å². The minimum Gasteiger partial charge on any atom is -0.376 e. The molecule has 0 heterocycles. The quantitative estimate of drug-likeness (QED) is 0.769. The van der Waals surface area contributed by atoms with Gasteiger partial charge in [-0.25, -0.2) is 0 Å². The normalized spacial score (nSPS) is 25.6. The summed E-state index contributed by atoms with van der Waals surface area (Å²) in [5.41, 5.74) is 1.18. The van der Waals surface area contributed by atoms with E-state index in [1.165, 1.54) is 5.56 Å². The van der Waals surface area contributed by atoms with Crippen molar-refractivity contribution in [2.24, 2.45) is 11.8 Å². The van der Waals surface area contributed by atoms with Crippen molar-refractivity contribution in [3.63, 3.8) is 0 Å². The number of ketones is 1. The molecular weight excluding hydrogens is 236 g/mol. The molecule has 2 nitrogen and oxygen atoms in total. The van der Waals surface area contributed by atoms with E-state index in [0.29, 0.717) is 31.3 Å². The molecule has 2 unspecified atom stereocenters. The average molecular weight is 258 g/mol. The Labute approximate surface area is 115 Å². The number of carbonyl (C=O) groups excluding carboxylic acids is 1. The number of Topliss-reactive ketones (excluding diaryl/α,β-unsaturated/α-hetero) is 1. The molecule has 1 aliphatic rings. The fourth-order valence-electron chi connectivity index (χ4n) is 2.33. The summed E-state index contributed by atoms with van der Waals surface area (Å²) in [6, 6.07) is 10.2. The molecule has 2 heteroatoms. The predicted molar refractivity (Wildman–Crippen MR) is 76.8 cm³/mol. The van der Waals surface area contributed by atoms with Gasteiger partial charge in [-0.3, -0.25) is 4.79 Å². The Kier molecular flexibility index (Phi) is 5.34. The largest absolute Gasteiger partial charge is 0.376 e. The molecule has 19 heavy (non-hydrogen) atoms. The molecule has 0 fully saturated rings. The van der Waals surface area contributed by atoms with Gasteiger partial charge in [0.2, 0.25) is 0 Å². The lowest BCUT2D eigenvalue weighted by atomic mass is 9.89. The molecule has 0 N–H and O–H groups in total. The van der Waals surface area contributed by atoms with Crippen LogP contribution in [0.4, 0.5) is 0 Å². The number of benzene rings is 1. The number of carbonyl (C=O) groups is 1. The maximum atomic E-state index is 11.9. The van der Waals surface area contributed by atoms with E-state index in [-0.39, 0.29) is 5.92 Å². The standard InChI is InChI=1S/C17H22O2/c1-14-7-5-6-10-16(11-17(14)18)13-19-12-15-8-3-2-4-9-15/h2-6,8-9,14,16H,7,10-13H2,1H3/b6-5-. The molecule has 0 amide bonds. The Hall–Kier alpha value is -1.41. The second kappa shape index (κ2) is 7.25. The van der Waals surface area contributed by atoms with Crippen molar-refractivity contribution in [1.82, 2.24) is 0 Å². The topological polar surface area (TPSA) is 26.3 Å². The third kappa shape index (κ3) is 4.64. The molecule has 102 valence electrons. The van der Waals surface area contributed by atoms with Crippen LogP contribution in [-0.4, -0.2) is 12.4 Å². The Morgan fingerprint density at radius 3 is 2.68 bits per heavy atom. The van der Waals surface area contributed by atoms with Gasteiger partial charge in [-0.05, 0) is 24.3 Å². The minimum atomic E-state index is 0.160. The van der Waals surface area contributed by atoms with E-state index in [0.717, 1.165) is 12.8 Å². The fourth-order valence-corrected chi connectivity index (χ4v) is 2.33. The van der Waals surface area contributed by atoms with Crippen LogP contribution >= 0.6 is 0 Å². The zero-order valence-corrected chi connectivity index (χ0v) is 11.5. The number of ether oxygens (including phenoxy) is 1. The van der Waals surface area contributed by atoms with E-state index < -0.39 is 0 Å². The third-order valence-corrected chi connectivity index (χ3v) is 3.63. The summed E-state index contributed by atoms with van der Waals surface area (Å²) in [6.07, 6.45) is 6.81. The first kappa shape index (κ1) is 14.0. The molecule has 1 aromatic rings. The summed E-state index contributed by atoms with van der Waals surface area (Å²) in [5.74, 6) is 0.862. The predicted octanol–water partition coefficient (Wildman–Crippen LogP) is 3.76. The Morgan fingerprint density at radius 2 is 1.89 bits per heavy atom. The highest BCUT2D eigenvalue weighted by Gasteiger charge is 2.19. The Morgan fingerprint density at radius 1 is 1.16 bits per heavy atom. The summed E-state index contributed by atoms with van der Waals surface area (Å²) in [6.45, 7) is 3.31. The highest BCUT2D eigenvalue weighted by atomic mass is 16.5. The van der Waals surface area contributed by atoms with Crippen molar-refractivity contribution in [3.8, 4) is 0 Å². The first-order valence-electron chi connectivity index (χ1n) is 7.05. The summed E-state index contributed by atoms with van der Waals surface area (Å²) in [5, 5.41) is 0. The fraction of sp³-hybridized carbons (Fsp3) is 0.471. The lowest BCUT2D eigenvalue weighted by Gasteiger charge is -2.19. The second-order valence-corrected chi connectivity index (χ2v) is 5.38. The number of hydrogen-bond donors (Lipinski definition) is 0. The van der Waals surface area contributed by atoms with Gasteiger partial charge in [0, 0.05) is 12.3 Å². The molecule has 0 aliphatic heterocycles. The lowest BCUT2D eigenvalue weighted by molar-refractivity contribution is -0.123. The van der Waals surface area contributed by atoms with Gasteiger partial charge in [0.05, 0.1) is 13.2 Å². The van der Waals surface area contributed by atoms with E-state index in [1.54, 1.807) is 0 Å². The number of hydrogen-bond acceptors (Lipinski definition) is 2. The average Bonchev–Trinajstić information content (AvgIpc) is 2.42. The molecule has 2 rings (SSSR count). The van der Waals surface area contributed by atoms with Crippen LogP contribution in [0, 0.1) is 11.8 Å². The van der Waals surface area contributed by atoms with E-state index in [9.17, 15) is 4.79 Å². The van der Waals surface area contributed by atoms with E-state index >= 15 is 0 Å². The van der Waals surface area contributed by atoms with Crippen LogP contribution in [0.25, 0.3) is 0 Å². The maximum Gasteiger partial charge on any atom is 0.136 e.